The van der Waals surface area contributed by atoms with E-state index >= 15 is 0 Å². The molecule has 1 amide bonds. The highest BCUT2D eigenvalue weighted by Crippen LogP contribution is 2.34. The lowest BCUT2D eigenvalue weighted by atomic mass is 10.2. The van der Waals surface area contributed by atoms with Crippen molar-refractivity contribution < 1.29 is 13.2 Å². The smallest absolute Gasteiger partial charge is 0.257 e. The normalized spacial score (nSPS) is 11.9. The molecule has 1 heterocycles. The highest BCUT2D eigenvalue weighted by molar-refractivity contribution is 7.92. The molecule has 0 saturated heterocycles. The molecule has 0 atom stereocenters. The van der Waals surface area contributed by atoms with Crippen LogP contribution in [0.1, 0.15) is 29.8 Å². The fourth-order valence-corrected chi connectivity index (χ4v) is 4.66. The standard InChI is InChI=1S/C18H17ClN2O3S2/c1-10(2)26(23,24)13-7-5-12(6-8-13)17(22)21-18-20-15-11(3)4-9-14(19)16(15)25-18/h4-10H,1-3H3,(H,20,21,22). The van der Waals surface area contributed by atoms with Crippen LogP contribution in [-0.4, -0.2) is 24.6 Å². The average molecular weight is 409 g/mol. The molecule has 2 aromatic carbocycles. The van der Waals surface area contributed by atoms with Crippen LogP contribution in [0.15, 0.2) is 41.3 Å². The van der Waals surface area contributed by atoms with Gasteiger partial charge in [0.1, 0.15) is 0 Å². The van der Waals surface area contributed by atoms with Crippen LogP contribution in [-0.2, 0) is 9.84 Å². The van der Waals surface area contributed by atoms with Crippen molar-refractivity contribution in [1.82, 2.24) is 4.98 Å². The van der Waals surface area contributed by atoms with Crippen LogP contribution in [0.4, 0.5) is 5.13 Å². The first-order valence-corrected chi connectivity index (χ1v) is 10.6. The maximum absolute atomic E-state index is 12.4. The van der Waals surface area contributed by atoms with E-state index in [0.717, 1.165) is 15.8 Å². The van der Waals surface area contributed by atoms with Gasteiger partial charge in [0, 0.05) is 5.56 Å². The molecule has 3 rings (SSSR count). The number of nitrogens with one attached hydrogen (secondary N) is 1. The molecule has 1 aromatic heterocycles. The number of rotatable bonds is 4. The van der Waals surface area contributed by atoms with Gasteiger partial charge in [-0.1, -0.05) is 29.0 Å². The van der Waals surface area contributed by atoms with E-state index in [9.17, 15) is 13.2 Å². The molecular weight excluding hydrogens is 392 g/mol. The SMILES string of the molecule is Cc1ccc(Cl)c2sc(NC(=O)c3ccc(S(=O)(=O)C(C)C)cc3)nc12. The Labute approximate surface area is 160 Å². The fourth-order valence-electron chi connectivity index (χ4n) is 2.39. The molecular formula is C18H17ClN2O3S2. The van der Waals surface area contributed by atoms with Gasteiger partial charge in [-0.3, -0.25) is 10.1 Å². The van der Waals surface area contributed by atoms with Crippen molar-refractivity contribution in [3.05, 3.63) is 52.5 Å². The van der Waals surface area contributed by atoms with Crippen molar-refractivity contribution in [3.8, 4) is 0 Å². The minimum absolute atomic E-state index is 0.200. The van der Waals surface area contributed by atoms with Gasteiger partial charge in [-0.25, -0.2) is 13.4 Å². The maximum atomic E-state index is 12.4. The third-order valence-electron chi connectivity index (χ3n) is 3.98. The molecule has 0 fully saturated rings. The van der Waals surface area contributed by atoms with Gasteiger partial charge in [-0.15, -0.1) is 0 Å². The number of sulfone groups is 1. The van der Waals surface area contributed by atoms with Gasteiger partial charge in [0.15, 0.2) is 15.0 Å². The predicted octanol–water partition coefficient (Wildman–Crippen LogP) is 4.69. The number of hydrogen-bond acceptors (Lipinski definition) is 5. The van der Waals surface area contributed by atoms with E-state index in [-0.39, 0.29) is 10.8 Å². The number of anilines is 1. The Balaban J connectivity index is 1.85. The van der Waals surface area contributed by atoms with E-state index < -0.39 is 15.1 Å². The van der Waals surface area contributed by atoms with Gasteiger partial charge < -0.3 is 0 Å². The molecule has 0 spiro atoms. The molecule has 3 aromatic rings. The van der Waals surface area contributed by atoms with Crippen molar-refractivity contribution in [1.29, 1.82) is 0 Å². The Morgan fingerprint density at radius 2 is 1.81 bits per heavy atom. The van der Waals surface area contributed by atoms with Gasteiger partial charge in [0.2, 0.25) is 0 Å². The minimum Gasteiger partial charge on any atom is -0.298 e. The summed E-state index contributed by atoms with van der Waals surface area (Å²) in [6.45, 7) is 5.17. The first kappa shape index (κ1) is 18.8. The maximum Gasteiger partial charge on any atom is 0.257 e. The Bertz CT molecular complexity index is 1050. The van der Waals surface area contributed by atoms with Crippen LogP contribution in [0, 0.1) is 6.92 Å². The molecule has 0 unspecified atom stereocenters. The number of aromatic nitrogens is 1. The Hall–Kier alpha value is -1.96. The summed E-state index contributed by atoms with van der Waals surface area (Å²) < 4.78 is 25.1. The summed E-state index contributed by atoms with van der Waals surface area (Å²) in [6, 6.07) is 9.57. The predicted molar refractivity (Wildman–Crippen MR) is 106 cm³/mol. The van der Waals surface area contributed by atoms with Crippen LogP contribution < -0.4 is 5.32 Å². The molecule has 136 valence electrons. The number of thiazole rings is 1. The van der Waals surface area contributed by atoms with Crippen molar-refractivity contribution in [3.63, 3.8) is 0 Å². The number of halogens is 1. The number of benzene rings is 2. The van der Waals surface area contributed by atoms with Crippen LogP contribution in [0.2, 0.25) is 5.02 Å². The monoisotopic (exact) mass is 408 g/mol. The first-order valence-electron chi connectivity index (χ1n) is 7.91. The summed E-state index contributed by atoms with van der Waals surface area (Å²) in [7, 11) is -3.36. The number of carbonyl (C=O) groups excluding carboxylic acids is 1. The Kier molecular flexibility index (Phi) is 5.05. The number of carbonyl (C=O) groups is 1. The fraction of sp³-hybridized carbons (Fsp3) is 0.222. The highest BCUT2D eigenvalue weighted by Gasteiger charge is 2.19. The largest absolute Gasteiger partial charge is 0.298 e. The van der Waals surface area contributed by atoms with Gasteiger partial charge in [-0.05, 0) is 56.7 Å². The summed E-state index contributed by atoms with van der Waals surface area (Å²) in [4.78, 5) is 17.1. The number of aryl methyl sites for hydroxylation is 1. The summed E-state index contributed by atoms with van der Waals surface area (Å²) >= 11 is 7.48. The number of hydrogen-bond donors (Lipinski definition) is 1. The van der Waals surface area contributed by atoms with E-state index in [1.807, 2.05) is 13.0 Å². The second-order valence-electron chi connectivity index (χ2n) is 6.13. The third kappa shape index (κ3) is 3.47. The molecule has 0 bridgehead atoms. The van der Waals surface area contributed by atoms with Crippen molar-refractivity contribution in [2.45, 2.75) is 30.9 Å². The zero-order valence-electron chi connectivity index (χ0n) is 14.4. The van der Waals surface area contributed by atoms with Gasteiger partial charge in [0.05, 0.1) is 25.4 Å². The zero-order chi connectivity index (χ0) is 19.1. The molecule has 0 aliphatic heterocycles. The molecule has 1 N–H and O–H groups in total. The molecule has 5 nitrogen and oxygen atoms in total. The van der Waals surface area contributed by atoms with Crippen molar-refractivity contribution in [2.24, 2.45) is 0 Å². The van der Waals surface area contributed by atoms with E-state index in [2.05, 4.69) is 10.3 Å². The minimum atomic E-state index is -3.36. The average Bonchev–Trinajstić information content (AvgIpc) is 3.03. The van der Waals surface area contributed by atoms with Crippen LogP contribution in [0.25, 0.3) is 10.2 Å². The second-order valence-corrected chi connectivity index (χ2v) is 10.0. The number of nitrogens with zero attached hydrogens (tertiary/aromatic N) is 1. The Morgan fingerprint density at radius 1 is 1.15 bits per heavy atom. The Morgan fingerprint density at radius 3 is 2.38 bits per heavy atom. The lowest BCUT2D eigenvalue weighted by molar-refractivity contribution is 0.102. The van der Waals surface area contributed by atoms with E-state index in [1.165, 1.54) is 35.6 Å². The van der Waals surface area contributed by atoms with E-state index in [1.54, 1.807) is 19.9 Å². The lowest BCUT2D eigenvalue weighted by Gasteiger charge is -2.08. The van der Waals surface area contributed by atoms with Gasteiger partial charge >= 0.3 is 0 Å². The van der Waals surface area contributed by atoms with Crippen LogP contribution >= 0.6 is 22.9 Å². The zero-order valence-corrected chi connectivity index (χ0v) is 16.8. The number of amides is 1. The summed E-state index contributed by atoms with van der Waals surface area (Å²) in [5.41, 5.74) is 2.09. The summed E-state index contributed by atoms with van der Waals surface area (Å²) in [5.74, 6) is -0.355. The van der Waals surface area contributed by atoms with E-state index in [4.69, 9.17) is 11.6 Å². The van der Waals surface area contributed by atoms with Gasteiger partial charge in [-0.2, -0.15) is 0 Å². The number of fused-ring (bicyclic) bond motifs is 1. The van der Waals surface area contributed by atoms with Crippen molar-refractivity contribution >= 4 is 54.0 Å². The third-order valence-corrected chi connectivity index (χ3v) is 7.58. The highest BCUT2D eigenvalue weighted by atomic mass is 35.5. The molecule has 0 radical (unpaired) electrons. The molecule has 8 heteroatoms. The van der Waals surface area contributed by atoms with E-state index in [0.29, 0.717) is 15.7 Å². The van der Waals surface area contributed by atoms with Crippen LogP contribution in [0.3, 0.4) is 0 Å². The molecule has 0 aliphatic carbocycles. The molecule has 0 saturated carbocycles. The van der Waals surface area contributed by atoms with Crippen LogP contribution in [0.5, 0.6) is 0 Å². The lowest BCUT2D eigenvalue weighted by Crippen LogP contribution is -2.15. The first-order chi connectivity index (χ1) is 12.2. The van der Waals surface area contributed by atoms with Crippen molar-refractivity contribution in [2.75, 3.05) is 5.32 Å². The molecule has 26 heavy (non-hydrogen) atoms. The second kappa shape index (κ2) is 6.98. The topological polar surface area (TPSA) is 76.1 Å². The summed E-state index contributed by atoms with van der Waals surface area (Å²) in [5, 5.41) is 3.26. The van der Waals surface area contributed by atoms with Gasteiger partial charge in [0.25, 0.3) is 5.91 Å². The quantitative estimate of drug-likeness (QED) is 0.679. The molecule has 0 aliphatic rings. The summed E-state index contributed by atoms with van der Waals surface area (Å²) in [6.07, 6.45) is 0.